The van der Waals surface area contributed by atoms with Crippen LogP contribution in [0, 0.1) is 11.3 Å². The van der Waals surface area contributed by atoms with Crippen LogP contribution in [0.1, 0.15) is 11.1 Å². The minimum absolute atomic E-state index is 0.0791. The summed E-state index contributed by atoms with van der Waals surface area (Å²) in [6, 6.07) is 4.77. The molecule has 0 aliphatic heterocycles. The van der Waals surface area contributed by atoms with Gasteiger partial charge in [-0.3, -0.25) is 0 Å². The molecule has 0 atom stereocenters. The summed E-state index contributed by atoms with van der Waals surface area (Å²) >= 11 is 0. The Morgan fingerprint density at radius 1 is 1.60 bits per heavy atom. The van der Waals surface area contributed by atoms with Crippen LogP contribution < -0.4 is 4.74 Å². The van der Waals surface area contributed by atoms with Gasteiger partial charge in [-0.2, -0.15) is 5.26 Å². The van der Waals surface area contributed by atoms with Crippen LogP contribution in [-0.2, 0) is 11.3 Å². The van der Waals surface area contributed by atoms with Crippen molar-refractivity contribution in [1.82, 2.24) is 0 Å². The topological polar surface area (TPSA) is 82.7 Å². The molecular weight excluding hydrogens is 196 g/mol. The number of phenolic OH excluding ortho intramolecular Hbond substituents is 1. The van der Waals surface area contributed by atoms with E-state index in [4.69, 9.17) is 10.00 Å². The van der Waals surface area contributed by atoms with Crippen LogP contribution >= 0.6 is 0 Å². The van der Waals surface area contributed by atoms with E-state index in [1.807, 2.05) is 6.07 Å². The normalized spacial score (nSPS) is 8.80. The number of benzene rings is 1. The van der Waals surface area contributed by atoms with Crippen molar-refractivity contribution in [2.45, 2.75) is 6.54 Å². The van der Waals surface area contributed by atoms with Crippen molar-refractivity contribution in [2.24, 2.45) is 4.99 Å². The summed E-state index contributed by atoms with van der Waals surface area (Å²) in [5.41, 5.74) is 0.752. The molecule has 0 amide bonds. The van der Waals surface area contributed by atoms with E-state index in [0.29, 0.717) is 5.56 Å². The minimum Gasteiger partial charge on any atom is -0.504 e. The Balaban J connectivity index is 3.20. The molecule has 1 aromatic rings. The van der Waals surface area contributed by atoms with E-state index in [0.717, 1.165) is 0 Å². The smallest absolute Gasteiger partial charge is 0.235 e. The highest BCUT2D eigenvalue weighted by molar-refractivity contribution is 5.54. The number of rotatable bonds is 3. The second kappa shape index (κ2) is 4.80. The van der Waals surface area contributed by atoms with Crippen LogP contribution in [0.2, 0.25) is 0 Å². The van der Waals surface area contributed by atoms with Crippen molar-refractivity contribution in [2.75, 3.05) is 7.11 Å². The van der Waals surface area contributed by atoms with Gasteiger partial charge in [-0.05, 0) is 17.7 Å². The molecular formula is C10H8N2O3. The summed E-state index contributed by atoms with van der Waals surface area (Å²) < 4.78 is 4.85. The van der Waals surface area contributed by atoms with Crippen molar-refractivity contribution >= 4 is 6.08 Å². The molecule has 1 N–H and O–H groups in total. The quantitative estimate of drug-likeness (QED) is 0.590. The lowest BCUT2D eigenvalue weighted by molar-refractivity contribution is 0.372. The number of isocyanates is 1. The molecule has 0 unspecified atom stereocenters. The molecule has 0 bridgehead atoms. The lowest BCUT2D eigenvalue weighted by atomic mass is 10.1. The van der Waals surface area contributed by atoms with E-state index in [1.54, 1.807) is 0 Å². The number of aromatic hydroxyl groups is 1. The number of carbonyl (C=O) groups excluding carboxylic acids is 1. The SMILES string of the molecule is COc1c(O)cc(CN=C=O)cc1C#N. The number of hydrogen-bond donors (Lipinski definition) is 1. The standard InChI is InChI=1S/C10H8N2O3/c1-15-10-8(4-11)2-7(3-9(10)14)5-12-6-13/h2-3,14H,5H2,1H3. The fourth-order valence-corrected chi connectivity index (χ4v) is 1.18. The predicted molar refractivity (Wildman–Crippen MR) is 51.2 cm³/mol. The predicted octanol–water partition coefficient (Wildman–Crippen LogP) is 1.11. The Hall–Kier alpha value is -2.31. The van der Waals surface area contributed by atoms with Crippen molar-refractivity contribution in [3.8, 4) is 17.6 Å². The second-order valence-electron chi connectivity index (χ2n) is 2.72. The van der Waals surface area contributed by atoms with Crippen molar-refractivity contribution in [3.05, 3.63) is 23.3 Å². The lowest BCUT2D eigenvalue weighted by Gasteiger charge is -2.06. The van der Waals surface area contributed by atoms with Gasteiger partial charge in [0.05, 0.1) is 19.2 Å². The Morgan fingerprint density at radius 2 is 2.33 bits per heavy atom. The first-order valence-electron chi connectivity index (χ1n) is 4.06. The Labute approximate surface area is 86.2 Å². The summed E-state index contributed by atoms with van der Waals surface area (Å²) in [4.78, 5) is 13.2. The van der Waals surface area contributed by atoms with Crippen molar-refractivity contribution in [3.63, 3.8) is 0 Å². The maximum atomic E-state index is 9.90. The second-order valence-corrected chi connectivity index (χ2v) is 2.72. The van der Waals surface area contributed by atoms with Crippen LogP contribution in [0.5, 0.6) is 11.5 Å². The molecule has 0 radical (unpaired) electrons. The molecule has 1 rings (SSSR count). The molecule has 15 heavy (non-hydrogen) atoms. The zero-order valence-corrected chi connectivity index (χ0v) is 8.02. The molecule has 0 aromatic heterocycles. The van der Waals surface area contributed by atoms with Gasteiger partial charge in [0.2, 0.25) is 6.08 Å². The summed E-state index contributed by atoms with van der Waals surface area (Å²) in [6.45, 7) is 0.0791. The van der Waals surface area contributed by atoms with E-state index >= 15 is 0 Å². The van der Waals surface area contributed by atoms with Crippen LogP contribution in [-0.4, -0.2) is 18.3 Å². The van der Waals surface area contributed by atoms with E-state index < -0.39 is 0 Å². The molecule has 0 fully saturated rings. The highest BCUT2D eigenvalue weighted by Crippen LogP contribution is 2.31. The molecule has 5 nitrogen and oxygen atoms in total. The molecule has 0 spiro atoms. The summed E-state index contributed by atoms with van der Waals surface area (Å²) in [7, 11) is 1.36. The fraction of sp³-hybridized carbons (Fsp3) is 0.200. The number of nitrogens with zero attached hydrogens (tertiary/aromatic N) is 2. The highest BCUT2D eigenvalue weighted by atomic mass is 16.5. The third kappa shape index (κ3) is 2.33. The summed E-state index contributed by atoms with van der Waals surface area (Å²) in [5.74, 6) is -0.0241. The molecule has 0 saturated carbocycles. The first-order valence-corrected chi connectivity index (χ1v) is 4.06. The van der Waals surface area contributed by atoms with E-state index in [-0.39, 0.29) is 23.6 Å². The van der Waals surface area contributed by atoms with Gasteiger partial charge in [0.25, 0.3) is 0 Å². The van der Waals surface area contributed by atoms with E-state index in [2.05, 4.69) is 4.99 Å². The van der Waals surface area contributed by atoms with Gasteiger partial charge in [-0.15, -0.1) is 0 Å². The molecule has 0 heterocycles. The third-order valence-electron chi connectivity index (χ3n) is 1.78. The number of methoxy groups -OCH3 is 1. The third-order valence-corrected chi connectivity index (χ3v) is 1.78. The molecule has 0 saturated heterocycles. The summed E-state index contributed by atoms with van der Waals surface area (Å²) in [6.07, 6.45) is 1.38. The van der Waals surface area contributed by atoms with Gasteiger partial charge < -0.3 is 9.84 Å². The van der Waals surface area contributed by atoms with Crippen molar-refractivity contribution < 1.29 is 14.6 Å². The maximum absolute atomic E-state index is 9.90. The van der Waals surface area contributed by atoms with Crippen LogP contribution in [0.4, 0.5) is 0 Å². The molecule has 1 aromatic carbocycles. The molecule has 76 valence electrons. The first kappa shape index (κ1) is 10.8. The zero-order valence-electron chi connectivity index (χ0n) is 8.02. The van der Waals surface area contributed by atoms with Gasteiger partial charge in [0.15, 0.2) is 11.5 Å². The summed E-state index contributed by atoms with van der Waals surface area (Å²) in [5, 5.41) is 18.3. The Morgan fingerprint density at radius 3 is 2.87 bits per heavy atom. The number of hydrogen-bond acceptors (Lipinski definition) is 5. The number of ether oxygens (including phenoxy) is 1. The zero-order chi connectivity index (χ0) is 11.3. The van der Waals surface area contributed by atoms with E-state index in [1.165, 1.54) is 25.3 Å². The van der Waals surface area contributed by atoms with E-state index in [9.17, 15) is 9.90 Å². The molecule has 5 heteroatoms. The van der Waals surface area contributed by atoms with Crippen LogP contribution in [0.3, 0.4) is 0 Å². The van der Waals surface area contributed by atoms with Gasteiger partial charge in [-0.1, -0.05) is 0 Å². The van der Waals surface area contributed by atoms with Crippen LogP contribution in [0.25, 0.3) is 0 Å². The first-order chi connectivity index (χ1) is 7.22. The largest absolute Gasteiger partial charge is 0.504 e. The number of aliphatic imine (C=N–C) groups is 1. The fourth-order valence-electron chi connectivity index (χ4n) is 1.18. The number of nitriles is 1. The van der Waals surface area contributed by atoms with Gasteiger partial charge in [0, 0.05) is 0 Å². The monoisotopic (exact) mass is 204 g/mol. The molecule has 0 aliphatic rings. The molecule has 0 aliphatic carbocycles. The number of phenols is 1. The van der Waals surface area contributed by atoms with Gasteiger partial charge in [0.1, 0.15) is 6.07 Å². The van der Waals surface area contributed by atoms with Crippen LogP contribution in [0.15, 0.2) is 17.1 Å². The lowest BCUT2D eigenvalue weighted by Crippen LogP contribution is -1.91. The Bertz CT molecular complexity index is 456. The highest BCUT2D eigenvalue weighted by Gasteiger charge is 2.10. The average Bonchev–Trinajstić information content (AvgIpc) is 2.25. The Kier molecular flexibility index (Phi) is 3.44. The van der Waals surface area contributed by atoms with Crippen molar-refractivity contribution in [1.29, 1.82) is 5.26 Å². The maximum Gasteiger partial charge on any atom is 0.235 e. The average molecular weight is 204 g/mol. The minimum atomic E-state index is -0.146. The van der Waals surface area contributed by atoms with Gasteiger partial charge in [-0.25, -0.2) is 9.79 Å². The van der Waals surface area contributed by atoms with Gasteiger partial charge >= 0.3 is 0 Å².